The van der Waals surface area contributed by atoms with Crippen LogP contribution in [0.5, 0.6) is 0 Å². The lowest BCUT2D eigenvalue weighted by molar-refractivity contribution is 1.16. The van der Waals surface area contributed by atoms with Gasteiger partial charge in [0.25, 0.3) is 0 Å². The van der Waals surface area contributed by atoms with Gasteiger partial charge >= 0.3 is 0 Å². The lowest BCUT2D eigenvalue weighted by Gasteiger charge is -2.09. The SMILES string of the molecule is CC.CC.Cc1nc2c(C)cccc2c(C)c1C. The molecule has 0 atom stereocenters. The molecule has 0 amide bonds. The van der Waals surface area contributed by atoms with Crippen molar-refractivity contribution >= 4 is 10.9 Å². The number of aryl methyl sites for hydroxylation is 3. The number of nitrogens with zero attached hydrogens (tertiary/aromatic N) is 1. The Morgan fingerprint density at radius 3 is 1.89 bits per heavy atom. The highest BCUT2D eigenvalue weighted by atomic mass is 14.7. The van der Waals surface area contributed by atoms with Gasteiger partial charge in [0, 0.05) is 11.1 Å². The number of fused-ring (bicyclic) bond motifs is 1. The normalized spacial score (nSPS) is 9.11. The van der Waals surface area contributed by atoms with Crippen LogP contribution in [0, 0.1) is 27.7 Å². The van der Waals surface area contributed by atoms with Crippen molar-refractivity contribution in [2.45, 2.75) is 55.4 Å². The first-order valence-electron chi connectivity index (χ1n) is 6.94. The van der Waals surface area contributed by atoms with Crippen molar-refractivity contribution in [3.8, 4) is 0 Å². The summed E-state index contributed by atoms with van der Waals surface area (Å²) in [4.78, 5) is 4.64. The molecule has 0 spiro atoms. The maximum atomic E-state index is 4.64. The average Bonchev–Trinajstić information content (AvgIpc) is 2.42. The molecule has 0 radical (unpaired) electrons. The van der Waals surface area contributed by atoms with Crippen LogP contribution in [-0.4, -0.2) is 4.98 Å². The van der Waals surface area contributed by atoms with Crippen LogP contribution in [0.15, 0.2) is 18.2 Å². The van der Waals surface area contributed by atoms with Crippen LogP contribution in [-0.2, 0) is 0 Å². The van der Waals surface area contributed by atoms with Gasteiger partial charge in [-0.15, -0.1) is 0 Å². The Labute approximate surface area is 112 Å². The molecule has 0 unspecified atom stereocenters. The molecular weight excluding hydrogens is 218 g/mol. The molecule has 1 aromatic heterocycles. The van der Waals surface area contributed by atoms with Crippen molar-refractivity contribution in [1.82, 2.24) is 4.98 Å². The molecule has 0 N–H and O–H groups in total. The van der Waals surface area contributed by atoms with Crippen molar-refractivity contribution in [1.29, 1.82) is 0 Å². The molecule has 0 fully saturated rings. The Kier molecular flexibility index (Phi) is 7.26. The molecule has 1 aromatic carbocycles. The van der Waals surface area contributed by atoms with Gasteiger partial charge in [0.1, 0.15) is 0 Å². The first-order chi connectivity index (χ1) is 8.61. The maximum absolute atomic E-state index is 4.64. The predicted octanol–water partition coefficient (Wildman–Crippen LogP) is 5.52. The second-order valence-electron chi connectivity index (χ2n) is 3.92. The van der Waals surface area contributed by atoms with E-state index in [-0.39, 0.29) is 0 Å². The number of hydrogen-bond acceptors (Lipinski definition) is 1. The van der Waals surface area contributed by atoms with E-state index < -0.39 is 0 Å². The molecule has 0 aliphatic heterocycles. The molecule has 0 saturated heterocycles. The smallest absolute Gasteiger partial charge is 0.0737 e. The summed E-state index contributed by atoms with van der Waals surface area (Å²) in [7, 11) is 0. The van der Waals surface area contributed by atoms with Gasteiger partial charge in [0.2, 0.25) is 0 Å². The highest BCUT2D eigenvalue weighted by Crippen LogP contribution is 2.23. The van der Waals surface area contributed by atoms with Crippen molar-refractivity contribution < 1.29 is 0 Å². The Morgan fingerprint density at radius 1 is 0.778 bits per heavy atom. The number of pyridine rings is 1. The third-order valence-electron chi connectivity index (χ3n) is 3.03. The third-order valence-corrected chi connectivity index (χ3v) is 3.03. The van der Waals surface area contributed by atoms with E-state index in [2.05, 4.69) is 50.9 Å². The largest absolute Gasteiger partial charge is 0.253 e. The molecule has 1 heteroatoms. The van der Waals surface area contributed by atoms with Gasteiger partial charge < -0.3 is 0 Å². The Bertz CT molecular complexity index is 498. The molecule has 0 saturated carbocycles. The summed E-state index contributed by atoms with van der Waals surface area (Å²) in [5, 5.41) is 1.29. The van der Waals surface area contributed by atoms with E-state index in [1.54, 1.807) is 0 Å². The van der Waals surface area contributed by atoms with Gasteiger partial charge in [0.05, 0.1) is 5.52 Å². The molecule has 0 aliphatic carbocycles. The van der Waals surface area contributed by atoms with Gasteiger partial charge in [-0.3, -0.25) is 4.98 Å². The number of hydrogen-bond donors (Lipinski definition) is 0. The van der Waals surface area contributed by atoms with Crippen molar-refractivity contribution in [3.05, 3.63) is 40.6 Å². The van der Waals surface area contributed by atoms with Gasteiger partial charge in [0.15, 0.2) is 0 Å². The van der Waals surface area contributed by atoms with E-state index >= 15 is 0 Å². The van der Waals surface area contributed by atoms with E-state index in [0.717, 1.165) is 11.2 Å². The van der Waals surface area contributed by atoms with Crippen molar-refractivity contribution in [2.75, 3.05) is 0 Å². The van der Waals surface area contributed by atoms with Crippen LogP contribution < -0.4 is 0 Å². The van der Waals surface area contributed by atoms with Crippen LogP contribution in [0.4, 0.5) is 0 Å². The molecule has 1 heterocycles. The van der Waals surface area contributed by atoms with E-state index in [9.17, 15) is 0 Å². The molecule has 18 heavy (non-hydrogen) atoms. The first kappa shape index (κ1) is 16.6. The van der Waals surface area contributed by atoms with Gasteiger partial charge in [-0.2, -0.15) is 0 Å². The molecular formula is C17H27N. The molecule has 2 rings (SSSR count). The molecule has 1 nitrogen and oxygen atoms in total. The Hall–Kier alpha value is -1.37. The molecule has 100 valence electrons. The standard InChI is InChI=1S/C13H15N.2C2H6/c1-8-6-5-7-12-10(3)9(2)11(4)14-13(8)12;2*1-2/h5-7H,1-4H3;2*1-2H3. The van der Waals surface area contributed by atoms with Gasteiger partial charge in [-0.25, -0.2) is 0 Å². The van der Waals surface area contributed by atoms with E-state index in [1.807, 2.05) is 27.7 Å². The average molecular weight is 245 g/mol. The van der Waals surface area contributed by atoms with Crippen molar-refractivity contribution in [2.24, 2.45) is 0 Å². The van der Waals surface area contributed by atoms with Crippen LogP contribution in [0.3, 0.4) is 0 Å². The zero-order chi connectivity index (χ0) is 14.3. The van der Waals surface area contributed by atoms with E-state index in [1.165, 1.54) is 22.1 Å². The van der Waals surface area contributed by atoms with Crippen LogP contribution in [0.25, 0.3) is 10.9 Å². The summed E-state index contributed by atoms with van der Waals surface area (Å²) in [5.74, 6) is 0. The summed E-state index contributed by atoms with van der Waals surface area (Å²) < 4.78 is 0. The van der Waals surface area contributed by atoms with Gasteiger partial charge in [-0.1, -0.05) is 45.9 Å². The quantitative estimate of drug-likeness (QED) is 0.595. The molecule has 2 aromatic rings. The Balaban J connectivity index is 0.000000659. The lowest BCUT2D eigenvalue weighted by atomic mass is 10.0. The highest BCUT2D eigenvalue weighted by Gasteiger charge is 2.06. The minimum Gasteiger partial charge on any atom is -0.253 e. The lowest BCUT2D eigenvalue weighted by Crippen LogP contribution is -1.94. The summed E-state index contributed by atoms with van der Waals surface area (Å²) in [6.45, 7) is 16.5. The second kappa shape index (κ2) is 7.86. The van der Waals surface area contributed by atoms with Gasteiger partial charge in [-0.05, 0) is 44.4 Å². The zero-order valence-electron chi connectivity index (χ0n) is 13.2. The summed E-state index contributed by atoms with van der Waals surface area (Å²) >= 11 is 0. The number of rotatable bonds is 0. The molecule has 0 bridgehead atoms. The molecule has 0 aliphatic rings. The van der Waals surface area contributed by atoms with Crippen LogP contribution >= 0.6 is 0 Å². The number of benzene rings is 1. The zero-order valence-corrected chi connectivity index (χ0v) is 13.2. The monoisotopic (exact) mass is 245 g/mol. The maximum Gasteiger partial charge on any atom is 0.0737 e. The second-order valence-corrected chi connectivity index (χ2v) is 3.92. The summed E-state index contributed by atoms with van der Waals surface area (Å²) in [5.41, 5.74) is 6.21. The highest BCUT2D eigenvalue weighted by molar-refractivity contribution is 5.85. The van der Waals surface area contributed by atoms with E-state index in [4.69, 9.17) is 0 Å². The fourth-order valence-corrected chi connectivity index (χ4v) is 1.83. The Morgan fingerprint density at radius 2 is 1.33 bits per heavy atom. The predicted molar refractivity (Wildman–Crippen MR) is 83.4 cm³/mol. The fourth-order valence-electron chi connectivity index (χ4n) is 1.83. The summed E-state index contributed by atoms with van der Waals surface area (Å²) in [6, 6.07) is 6.36. The minimum atomic E-state index is 1.14. The van der Waals surface area contributed by atoms with E-state index in [0.29, 0.717) is 0 Å². The minimum absolute atomic E-state index is 1.14. The van der Waals surface area contributed by atoms with Crippen LogP contribution in [0.1, 0.15) is 50.1 Å². The third kappa shape index (κ3) is 3.32. The van der Waals surface area contributed by atoms with Crippen molar-refractivity contribution in [3.63, 3.8) is 0 Å². The summed E-state index contributed by atoms with van der Waals surface area (Å²) in [6.07, 6.45) is 0. The fraction of sp³-hybridized carbons (Fsp3) is 0.471. The first-order valence-corrected chi connectivity index (χ1v) is 6.94. The number of para-hydroxylation sites is 1. The number of aromatic nitrogens is 1. The topological polar surface area (TPSA) is 12.9 Å². The van der Waals surface area contributed by atoms with Crippen LogP contribution in [0.2, 0.25) is 0 Å².